The van der Waals surface area contributed by atoms with Gasteiger partial charge in [0.2, 0.25) is 0 Å². The molecular weight excluding hydrogens is 330 g/mol. The van der Waals surface area contributed by atoms with Crippen LogP contribution in [0.25, 0.3) is 0 Å². The van der Waals surface area contributed by atoms with Crippen molar-refractivity contribution in [3.8, 4) is 0 Å². The van der Waals surface area contributed by atoms with E-state index in [9.17, 15) is 4.55 Å². The third-order valence-electron chi connectivity index (χ3n) is 1.06. The van der Waals surface area contributed by atoms with E-state index in [0.29, 0.717) is 11.5 Å². The molecule has 0 bridgehead atoms. The maximum Gasteiger partial charge on any atom is 2.00 e. The van der Waals surface area contributed by atoms with Gasteiger partial charge in [-0.1, -0.05) is 13.8 Å². The maximum atomic E-state index is 9.28. The summed E-state index contributed by atoms with van der Waals surface area (Å²) in [4.78, 5) is 0. The molecule has 0 aliphatic carbocycles. The van der Waals surface area contributed by atoms with Crippen molar-refractivity contribution in [3.63, 3.8) is 0 Å². The monoisotopic (exact) mass is 349 g/mol. The van der Waals surface area contributed by atoms with Crippen molar-refractivity contribution in [2.75, 3.05) is 18.6 Å². The first-order chi connectivity index (χ1) is 4.68. The minimum atomic E-state index is -1.62. The number of nitrogens with one attached hydrogen (secondary N) is 1. The normalized spacial score (nSPS) is 10.7. The quantitative estimate of drug-likeness (QED) is 0.765. The molecule has 0 heterocycles. The van der Waals surface area contributed by atoms with Gasteiger partial charge in [-0.05, 0) is 7.05 Å². The van der Waals surface area contributed by atoms with Crippen LogP contribution in [0.1, 0.15) is 13.8 Å². The standard InChI is InChI=1S/C5H13NOS.C2H6.W/c1-4-8(7,5-2)6-3;1-2;/h6-7H,1-2,4-5H2,3H3;1-2H3;/q-2;;+2. The van der Waals surface area contributed by atoms with Gasteiger partial charge in [0, 0.05) is 0 Å². The average Bonchev–Trinajstić information content (AvgIpc) is 2.07. The molecule has 0 saturated heterocycles. The summed E-state index contributed by atoms with van der Waals surface area (Å²) in [6.45, 7) is 11.2. The maximum absolute atomic E-state index is 9.28. The van der Waals surface area contributed by atoms with E-state index in [1.807, 2.05) is 13.8 Å². The van der Waals surface area contributed by atoms with E-state index in [-0.39, 0.29) is 21.1 Å². The Bertz CT molecular complexity index is 61.2. The van der Waals surface area contributed by atoms with Crippen LogP contribution in [-0.4, -0.2) is 23.1 Å². The Morgan fingerprint density at radius 3 is 1.55 bits per heavy atom. The predicted molar refractivity (Wildman–Crippen MR) is 51.1 cm³/mol. The summed E-state index contributed by atoms with van der Waals surface area (Å²) >= 11 is 0. The summed E-state index contributed by atoms with van der Waals surface area (Å²) in [6, 6.07) is 0. The van der Waals surface area contributed by atoms with Crippen LogP contribution < -0.4 is 4.72 Å². The van der Waals surface area contributed by atoms with Crippen molar-refractivity contribution in [1.29, 1.82) is 0 Å². The topological polar surface area (TPSA) is 32.3 Å². The van der Waals surface area contributed by atoms with E-state index < -0.39 is 10.5 Å². The average molecular weight is 349 g/mol. The summed E-state index contributed by atoms with van der Waals surface area (Å²) in [7, 11) is 0.103. The van der Waals surface area contributed by atoms with Crippen LogP contribution in [0, 0.1) is 13.8 Å². The first kappa shape index (κ1) is 17.9. The molecule has 0 aromatic rings. The van der Waals surface area contributed by atoms with Crippen LogP contribution in [0.15, 0.2) is 0 Å². The van der Waals surface area contributed by atoms with Crippen LogP contribution >= 0.6 is 10.5 Å². The molecule has 0 atom stereocenters. The van der Waals surface area contributed by atoms with E-state index in [2.05, 4.69) is 18.6 Å². The summed E-state index contributed by atoms with van der Waals surface area (Å²) in [5.74, 6) is 1.07. The molecule has 2 N–H and O–H groups in total. The van der Waals surface area contributed by atoms with Gasteiger partial charge in [0.15, 0.2) is 0 Å². The zero-order valence-corrected chi connectivity index (χ0v) is 11.3. The smallest absolute Gasteiger partial charge is 0.343 e. The van der Waals surface area contributed by atoms with Crippen molar-refractivity contribution < 1.29 is 25.6 Å². The zero-order valence-electron chi connectivity index (χ0n) is 7.59. The van der Waals surface area contributed by atoms with Crippen molar-refractivity contribution in [2.24, 2.45) is 0 Å². The van der Waals surface area contributed by atoms with Crippen molar-refractivity contribution in [1.82, 2.24) is 4.72 Å². The Labute approximate surface area is 87.1 Å². The second-order valence-electron chi connectivity index (χ2n) is 1.45. The Morgan fingerprint density at radius 1 is 1.27 bits per heavy atom. The van der Waals surface area contributed by atoms with Crippen LogP contribution in [0.4, 0.5) is 0 Å². The largest absolute Gasteiger partial charge is 2.00 e. The van der Waals surface area contributed by atoms with Gasteiger partial charge in [0.25, 0.3) is 0 Å². The number of rotatable bonds is 3. The molecule has 0 aliphatic heterocycles. The second-order valence-corrected chi connectivity index (χ2v) is 4.36. The fourth-order valence-corrected chi connectivity index (χ4v) is 0.919. The minimum absolute atomic E-state index is 0. The van der Waals surface area contributed by atoms with Gasteiger partial charge in [-0.3, -0.25) is 4.72 Å². The number of hydrogen-bond acceptors (Lipinski definition) is 2. The molecule has 0 saturated carbocycles. The summed E-state index contributed by atoms with van der Waals surface area (Å²) in [5, 5.41) is 0. The fraction of sp³-hybridized carbons (Fsp3) is 0.714. The molecule has 70 valence electrons. The Kier molecular flexibility index (Phi) is 17.8. The van der Waals surface area contributed by atoms with E-state index in [1.54, 1.807) is 7.05 Å². The molecule has 0 rings (SSSR count). The van der Waals surface area contributed by atoms with Gasteiger partial charge >= 0.3 is 21.1 Å². The molecule has 0 radical (unpaired) electrons. The Morgan fingerprint density at radius 2 is 1.55 bits per heavy atom. The molecule has 0 unspecified atom stereocenters. The molecule has 0 aromatic heterocycles. The molecule has 0 amide bonds. The fourth-order valence-electron chi connectivity index (χ4n) is 0.306. The van der Waals surface area contributed by atoms with Gasteiger partial charge in [0.05, 0.1) is 0 Å². The molecule has 0 spiro atoms. The molecule has 0 aliphatic rings. The van der Waals surface area contributed by atoms with Gasteiger partial charge in [-0.15, -0.1) is 22.0 Å². The summed E-state index contributed by atoms with van der Waals surface area (Å²) < 4.78 is 12.1. The van der Waals surface area contributed by atoms with Gasteiger partial charge in [-0.2, -0.15) is 0 Å². The van der Waals surface area contributed by atoms with E-state index >= 15 is 0 Å². The van der Waals surface area contributed by atoms with Crippen LogP contribution in [-0.2, 0) is 21.1 Å². The predicted octanol–water partition coefficient (Wildman–Crippen LogP) is 2.09. The number of hydrogen-bond donors (Lipinski definition) is 2. The SMILES string of the molecule is CC.[CH2-]CS(O)(C[CH2-])NC.[W+2]. The Hall–Kier alpha value is 0.958. The van der Waals surface area contributed by atoms with Crippen LogP contribution in [0.3, 0.4) is 0 Å². The molecule has 2 nitrogen and oxygen atoms in total. The Balaban J connectivity index is -0.000000196. The second kappa shape index (κ2) is 11.0. The van der Waals surface area contributed by atoms with Crippen molar-refractivity contribution in [3.05, 3.63) is 13.8 Å². The molecule has 0 aromatic carbocycles. The molecule has 11 heavy (non-hydrogen) atoms. The third kappa shape index (κ3) is 8.87. The first-order valence-electron chi connectivity index (χ1n) is 3.46. The zero-order chi connectivity index (χ0) is 8.62. The van der Waals surface area contributed by atoms with Gasteiger partial charge < -0.3 is 18.4 Å². The molecular formula is C7H19NOSW. The van der Waals surface area contributed by atoms with E-state index in [4.69, 9.17) is 0 Å². The summed E-state index contributed by atoms with van der Waals surface area (Å²) in [5.41, 5.74) is 0. The van der Waals surface area contributed by atoms with Gasteiger partial charge in [-0.25, -0.2) is 0 Å². The minimum Gasteiger partial charge on any atom is -0.343 e. The van der Waals surface area contributed by atoms with E-state index in [1.165, 1.54) is 0 Å². The van der Waals surface area contributed by atoms with Crippen LogP contribution in [0.2, 0.25) is 0 Å². The van der Waals surface area contributed by atoms with Crippen molar-refractivity contribution >= 4 is 10.5 Å². The third-order valence-corrected chi connectivity index (χ3v) is 3.17. The van der Waals surface area contributed by atoms with Crippen molar-refractivity contribution in [2.45, 2.75) is 13.8 Å². The van der Waals surface area contributed by atoms with Gasteiger partial charge in [0.1, 0.15) is 0 Å². The first-order valence-corrected chi connectivity index (χ1v) is 5.39. The summed E-state index contributed by atoms with van der Waals surface area (Å²) in [6.07, 6.45) is 0. The van der Waals surface area contributed by atoms with E-state index in [0.717, 1.165) is 0 Å². The van der Waals surface area contributed by atoms with Crippen LogP contribution in [0.5, 0.6) is 0 Å². The molecule has 4 heteroatoms. The molecule has 0 fully saturated rings.